The molecule has 0 fully saturated rings. The van der Waals surface area contributed by atoms with E-state index in [9.17, 15) is 4.79 Å². The molecule has 3 nitrogen and oxygen atoms in total. The maximum Gasteiger partial charge on any atom is 0.242 e. The first-order chi connectivity index (χ1) is 11.1. The molecule has 0 N–H and O–H groups in total. The Hall–Kier alpha value is -1.50. The van der Waals surface area contributed by atoms with E-state index in [0.717, 1.165) is 21.2 Å². The summed E-state index contributed by atoms with van der Waals surface area (Å²) in [5.74, 6) is 0.365. The van der Waals surface area contributed by atoms with E-state index in [1.54, 1.807) is 11.8 Å². The monoisotopic (exact) mass is 360 g/mol. The van der Waals surface area contributed by atoms with E-state index in [1.165, 1.54) is 11.8 Å². The van der Waals surface area contributed by atoms with Crippen molar-refractivity contribution in [3.63, 3.8) is 0 Å². The summed E-state index contributed by atoms with van der Waals surface area (Å²) in [6.07, 6.45) is 0. The average molecular weight is 361 g/mol. The summed E-state index contributed by atoms with van der Waals surface area (Å²) in [4.78, 5) is 18.7. The highest BCUT2D eigenvalue weighted by molar-refractivity contribution is 8.23. The van der Waals surface area contributed by atoms with Gasteiger partial charge in [-0.05, 0) is 24.3 Å². The largest absolute Gasteiger partial charge is 0.364 e. The number of anilines is 2. The standard InChI is InChI=1S/C17H16N2OS3/c1-18(2)17(21)22-11-16(20)19-12-7-3-5-9-14(12)23-15-10-6-4-8-13(15)19/h3-10H,11H2,1-2H3. The molecule has 23 heavy (non-hydrogen) atoms. The van der Waals surface area contributed by atoms with E-state index in [1.807, 2.05) is 72.4 Å². The minimum atomic E-state index is 0.0411. The molecule has 0 aliphatic carbocycles. The zero-order valence-corrected chi connectivity index (χ0v) is 15.3. The van der Waals surface area contributed by atoms with Crippen LogP contribution in [0.2, 0.25) is 0 Å². The lowest BCUT2D eigenvalue weighted by atomic mass is 10.2. The Morgan fingerprint density at radius 2 is 1.61 bits per heavy atom. The van der Waals surface area contributed by atoms with Crippen LogP contribution in [0.4, 0.5) is 11.4 Å². The van der Waals surface area contributed by atoms with Crippen LogP contribution in [-0.4, -0.2) is 35.0 Å². The number of thioether (sulfide) groups is 1. The van der Waals surface area contributed by atoms with Crippen molar-refractivity contribution >= 4 is 57.3 Å². The SMILES string of the molecule is CN(C)C(=S)SCC(=O)N1c2ccccc2Sc2ccccc21. The van der Waals surface area contributed by atoms with Gasteiger partial charge in [-0.15, -0.1) is 0 Å². The van der Waals surface area contributed by atoms with Gasteiger partial charge >= 0.3 is 0 Å². The highest BCUT2D eigenvalue weighted by atomic mass is 32.2. The fourth-order valence-electron chi connectivity index (χ4n) is 2.29. The Labute approximate surface area is 150 Å². The fourth-order valence-corrected chi connectivity index (χ4v) is 4.16. The smallest absolute Gasteiger partial charge is 0.242 e. The van der Waals surface area contributed by atoms with Crippen molar-refractivity contribution < 1.29 is 4.79 Å². The van der Waals surface area contributed by atoms with Gasteiger partial charge in [0.05, 0.1) is 17.1 Å². The Morgan fingerprint density at radius 1 is 1.09 bits per heavy atom. The number of para-hydroxylation sites is 2. The normalized spacial score (nSPS) is 12.3. The summed E-state index contributed by atoms with van der Waals surface area (Å²) >= 11 is 8.36. The third kappa shape index (κ3) is 3.39. The van der Waals surface area contributed by atoms with Gasteiger partial charge in [-0.25, -0.2) is 0 Å². The van der Waals surface area contributed by atoms with Gasteiger partial charge in [0, 0.05) is 23.9 Å². The van der Waals surface area contributed by atoms with Gasteiger partial charge in [0.2, 0.25) is 5.91 Å². The number of carbonyl (C=O) groups is 1. The minimum Gasteiger partial charge on any atom is -0.364 e. The molecule has 0 radical (unpaired) electrons. The van der Waals surface area contributed by atoms with Gasteiger partial charge in [0.1, 0.15) is 4.32 Å². The first kappa shape index (κ1) is 16.4. The van der Waals surface area contributed by atoms with Crippen molar-refractivity contribution in [1.82, 2.24) is 4.90 Å². The first-order valence-corrected chi connectivity index (χ1v) is 9.32. The average Bonchev–Trinajstić information content (AvgIpc) is 2.57. The lowest BCUT2D eigenvalue weighted by molar-refractivity contribution is -0.115. The Balaban J connectivity index is 1.92. The zero-order valence-electron chi connectivity index (χ0n) is 12.9. The van der Waals surface area contributed by atoms with Crippen LogP contribution in [0, 0.1) is 0 Å². The van der Waals surface area contributed by atoms with Gasteiger partial charge in [0.25, 0.3) is 0 Å². The molecule has 1 aliphatic rings. The molecule has 0 aromatic heterocycles. The Kier molecular flexibility index (Phi) is 4.94. The second kappa shape index (κ2) is 6.95. The molecule has 0 unspecified atom stereocenters. The van der Waals surface area contributed by atoms with Gasteiger partial charge in [-0.2, -0.15) is 0 Å². The second-order valence-electron chi connectivity index (χ2n) is 5.22. The van der Waals surface area contributed by atoms with E-state index in [0.29, 0.717) is 10.1 Å². The molecule has 1 heterocycles. The summed E-state index contributed by atoms with van der Waals surface area (Å²) in [7, 11) is 3.78. The van der Waals surface area contributed by atoms with E-state index < -0.39 is 0 Å². The molecule has 2 aromatic rings. The van der Waals surface area contributed by atoms with Gasteiger partial charge in [-0.1, -0.05) is 60.0 Å². The summed E-state index contributed by atoms with van der Waals surface area (Å²) in [5, 5.41) is 0. The van der Waals surface area contributed by atoms with Crippen molar-refractivity contribution in [3.05, 3.63) is 48.5 Å². The van der Waals surface area contributed by atoms with Crippen molar-refractivity contribution in [2.24, 2.45) is 0 Å². The molecule has 3 rings (SSSR count). The Morgan fingerprint density at radius 3 is 2.13 bits per heavy atom. The summed E-state index contributed by atoms with van der Waals surface area (Å²) in [6.45, 7) is 0. The molecule has 118 valence electrons. The highest BCUT2D eigenvalue weighted by Gasteiger charge is 2.27. The number of amides is 1. The maximum atomic E-state index is 12.9. The van der Waals surface area contributed by atoms with Crippen LogP contribution < -0.4 is 4.90 Å². The predicted octanol–water partition coefficient (Wildman–Crippen LogP) is 4.40. The van der Waals surface area contributed by atoms with Crippen molar-refractivity contribution in [2.45, 2.75) is 9.79 Å². The third-order valence-electron chi connectivity index (χ3n) is 3.37. The predicted molar refractivity (Wildman–Crippen MR) is 103 cm³/mol. The van der Waals surface area contributed by atoms with E-state index >= 15 is 0 Å². The van der Waals surface area contributed by atoms with Crippen LogP contribution in [0.1, 0.15) is 0 Å². The number of carbonyl (C=O) groups excluding carboxylic acids is 1. The third-order valence-corrected chi connectivity index (χ3v) is 6.22. The van der Waals surface area contributed by atoms with Crippen molar-refractivity contribution in [1.29, 1.82) is 0 Å². The first-order valence-electron chi connectivity index (χ1n) is 7.11. The summed E-state index contributed by atoms with van der Waals surface area (Å²) in [5.41, 5.74) is 1.88. The lowest BCUT2D eigenvalue weighted by Crippen LogP contribution is -2.31. The Bertz CT molecular complexity index is 716. The molecular formula is C17H16N2OS3. The minimum absolute atomic E-state index is 0.0411. The molecule has 2 aromatic carbocycles. The summed E-state index contributed by atoms with van der Waals surface area (Å²) in [6, 6.07) is 16.0. The maximum absolute atomic E-state index is 12.9. The zero-order chi connectivity index (χ0) is 16.4. The van der Waals surface area contributed by atoms with Crippen LogP contribution in [0.5, 0.6) is 0 Å². The van der Waals surface area contributed by atoms with Crippen LogP contribution in [-0.2, 0) is 4.79 Å². The molecule has 0 saturated carbocycles. The van der Waals surface area contributed by atoms with E-state index in [4.69, 9.17) is 12.2 Å². The highest BCUT2D eigenvalue weighted by Crippen LogP contribution is 2.47. The molecule has 1 aliphatic heterocycles. The quantitative estimate of drug-likeness (QED) is 0.739. The number of fused-ring (bicyclic) bond motifs is 2. The molecule has 0 spiro atoms. The molecule has 0 saturated heterocycles. The van der Waals surface area contributed by atoms with E-state index in [-0.39, 0.29) is 5.91 Å². The van der Waals surface area contributed by atoms with Gasteiger partial charge in [-0.3, -0.25) is 9.69 Å². The molecular weight excluding hydrogens is 344 g/mol. The van der Waals surface area contributed by atoms with Gasteiger partial charge < -0.3 is 4.90 Å². The van der Waals surface area contributed by atoms with Crippen molar-refractivity contribution in [2.75, 3.05) is 24.7 Å². The number of thiocarbonyl (C=S) groups is 1. The molecule has 1 amide bonds. The van der Waals surface area contributed by atoms with E-state index in [2.05, 4.69) is 0 Å². The van der Waals surface area contributed by atoms with Crippen molar-refractivity contribution in [3.8, 4) is 0 Å². The summed E-state index contributed by atoms with van der Waals surface area (Å²) < 4.78 is 0.714. The van der Waals surface area contributed by atoms with Crippen LogP contribution in [0.3, 0.4) is 0 Å². The molecule has 0 bridgehead atoms. The van der Waals surface area contributed by atoms with Gasteiger partial charge in [0.15, 0.2) is 0 Å². The number of nitrogens with zero attached hydrogens (tertiary/aromatic N) is 2. The molecule has 0 atom stereocenters. The topological polar surface area (TPSA) is 23.6 Å². The number of hydrogen-bond acceptors (Lipinski definition) is 4. The number of rotatable bonds is 2. The number of hydrogen-bond donors (Lipinski definition) is 0. The van der Waals surface area contributed by atoms with Crippen LogP contribution in [0.25, 0.3) is 0 Å². The fraction of sp³-hybridized carbons (Fsp3) is 0.176. The lowest BCUT2D eigenvalue weighted by Gasteiger charge is -2.31. The van der Waals surface area contributed by atoms with Crippen LogP contribution >= 0.6 is 35.7 Å². The molecule has 6 heteroatoms. The number of benzene rings is 2. The second-order valence-corrected chi connectivity index (χ2v) is 7.91. The van der Waals surface area contributed by atoms with Crippen LogP contribution in [0.15, 0.2) is 58.3 Å².